The first-order chi connectivity index (χ1) is 7.21. The van der Waals surface area contributed by atoms with Crippen LogP contribution < -0.4 is 0 Å². The normalized spacial score (nSPS) is 13.0. The van der Waals surface area contributed by atoms with E-state index in [2.05, 4.69) is 4.74 Å². The summed E-state index contributed by atoms with van der Waals surface area (Å²) in [6.45, 7) is -1.20. The number of alkyl halides is 3. The molecule has 0 aliphatic heterocycles. The summed E-state index contributed by atoms with van der Waals surface area (Å²) < 4.78 is 60.2. The van der Waals surface area contributed by atoms with Gasteiger partial charge in [-0.15, -0.1) is 0 Å². The van der Waals surface area contributed by atoms with Crippen LogP contribution in [0.5, 0.6) is 0 Å². The average Bonchev–Trinajstić information content (AvgIpc) is 2.06. The first-order valence-electron chi connectivity index (χ1n) is 4.77. The van der Waals surface area contributed by atoms with Crippen LogP contribution in [0, 0.1) is 0 Å². The Kier molecular flexibility index (Phi) is 7.34. The molecule has 0 rings (SSSR count). The van der Waals surface area contributed by atoms with Crippen molar-refractivity contribution >= 4 is 19.7 Å². The molecule has 0 amide bonds. The zero-order valence-corrected chi connectivity index (χ0v) is 10.2. The molecule has 0 saturated carbocycles. The van der Waals surface area contributed by atoms with Crippen molar-refractivity contribution in [1.82, 2.24) is 0 Å². The van der Waals surface area contributed by atoms with Crippen LogP contribution in [0.2, 0.25) is 0 Å². The van der Waals surface area contributed by atoms with Crippen LogP contribution in [-0.2, 0) is 13.8 Å². The van der Waals surface area contributed by atoms with E-state index in [1.54, 1.807) is 0 Å². The van der Waals surface area contributed by atoms with E-state index in [0.29, 0.717) is 25.7 Å². The highest BCUT2D eigenvalue weighted by Gasteiger charge is 2.27. The largest absolute Gasteiger partial charge is 0.411 e. The van der Waals surface area contributed by atoms with E-state index in [-0.39, 0.29) is 12.4 Å². The lowest BCUT2D eigenvalue weighted by Gasteiger charge is -2.06. The molecule has 0 aliphatic carbocycles. The van der Waals surface area contributed by atoms with Crippen LogP contribution in [0.15, 0.2) is 0 Å². The van der Waals surface area contributed by atoms with Gasteiger partial charge >= 0.3 is 6.18 Å². The maximum atomic E-state index is 11.6. The third kappa shape index (κ3) is 14.0. The third-order valence-electron chi connectivity index (χ3n) is 1.69. The minimum Gasteiger partial charge on any atom is -0.372 e. The average molecular weight is 283 g/mol. The highest BCUT2D eigenvalue weighted by atomic mass is 35.7. The Balaban J connectivity index is 3.23. The minimum atomic E-state index is -4.29. The van der Waals surface area contributed by atoms with Crippen molar-refractivity contribution in [1.29, 1.82) is 0 Å². The molecule has 0 aromatic rings. The van der Waals surface area contributed by atoms with Gasteiger partial charge in [-0.05, 0) is 12.8 Å². The zero-order chi connectivity index (χ0) is 12.7. The second-order valence-corrected chi connectivity index (χ2v) is 6.22. The third-order valence-corrected chi connectivity index (χ3v) is 2.93. The fourth-order valence-corrected chi connectivity index (χ4v) is 1.90. The quantitative estimate of drug-likeness (QED) is 0.508. The van der Waals surface area contributed by atoms with E-state index in [1.807, 2.05) is 0 Å². The molecule has 16 heavy (non-hydrogen) atoms. The Hall–Kier alpha value is -0.0100. The maximum absolute atomic E-state index is 11.6. The molecule has 8 heteroatoms. The van der Waals surface area contributed by atoms with Crippen LogP contribution in [0.4, 0.5) is 13.2 Å². The molecule has 98 valence electrons. The molecule has 0 spiro atoms. The molecule has 0 heterocycles. The van der Waals surface area contributed by atoms with E-state index < -0.39 is 21.8 Å². The fourth-order valence-electron chi connectivity index (χ4n) is 1.02. The summed E-state index contributed by atoms with van der Waals surface area (Å²) in [4.78, 5) is 0. The lowest BCUT2D eigenvalue weighted by molar-refractivity contribution is -0.174. The van der Waals surface area contributed by atoms with E-state index in [4.69, 9.17) is 10.7 Å². The topological polar surface area (TPSA) is 43.4 Å². The van der Waals surface area contributed by atoms with Crippen LogP contribution in [0.3, 0.4) is 0 Å². The predicted octanol–water partition coefficient (Wildman–Crippen LogP) is 2.69. The molecule has 0 radical (unpaired) electrons. The predicted molar refractivity (Wildman–Crippen MR) is 55.0 cm³/mol. The van der Waals surface area contributed by atoms with E-state index in [1.165, 1.54) is 0 Å². The van der Waals surface area contributed by atoms with Crippen molar-refractivity contribution in [3.8, 4) is 0 Å². The van der Waals surface area contributed by atoms with Crippen LogP contribution in [0.1, 0.15) is 25.7 Å². The van der Waals surface area contributed by atoms with E-state index >= 15 is 0 Å². The molecule has 0 aliphatic rings. The van der Waals surface area contributed by atoms with Crippen LogP contribution in [-0.4, -0.2) is 33.6 Å². The second kappa shape index (κ2) is 7.34. The van der Waals surface area contributed by atoms with Crippen molar-refractivity contribution in [2.45, 2.75) is 31.9 Å². The molecule has 0 saturated heterocycles. The van der Waals surface area contributed by atoms with Crippen molar-refractivity contribution in [3.05, 3.63) is 0 Å². The number of unbranched alkanes of at least 4 members (excludes halogenated alkanes) is 3. The van der Waals surface area contributed by atoms with Crippen LogP contribution in [0.25, 0.3) is 0 Å². The fraction of sp³-hybridized carbons (Fsp3) is 1.00. The number of hydrogen-bond acceptors (Lipinski definition) is 3. The standard InChI is InChI=1S/C8H14ClF3O3S/c9-16(13,14)6-4-2-1-3-5-15-7-8(10,11)12/h1-7H2. The van der Waals surface area contributed by atoms with Crippen LogP contribution >= 0.6 is 10.7 Å². The number of halogens is 4. The maximum Gasteiger partial charge on any atom is 0.411 e. The van der Waals surface area contributed by atoms with Gasteiger partial charge in [0, 0.05) is 17.3 Å². The van der Waals surface area contributed by atoms with Crippen molar-refractivity contribution in [2.24, 2.45) is 0 Å². The summed E-state index contributed by atoms with van der Waals surface area (Å²) in [6.07, 6.45) is -2.14. The monoisotopic (exact) mass is 282 g/mol. The SMILES string of the molecule is O=S(=O)(Cl)CCCCCCOCC(F)(F)F. The first-order valence-corrected chi connectivity index (χ1v) is 7.25. The molecular formula is C8H14ClF3O3S. The molecule has 0 atom stereocenters. The molecular weight excluding hydrogens is 269 g/mol. The van der Waals surface area contributed by atoms with E-state index in [0.717, 1.165) is 0 Å². The van der Waals surface area contributed by atoms with Gasteiger partial charge in [0.15, 0.2) is 0 Å². The van der Waals surface area contributed by atoms with Crippen molar-refractivity contribution in [2.75, 3.05) is 19.0 Å². The van der Waals surface area contributed by atoms with Gasteiger partial charge in [0.05, 0.1) is 5.75 Å². The molecule has 0 bridgehead atoms. The molecule has 0 fully saturated rings. The number of hydrogen-bond donors (Lipinski definition) is 0. The van der Waals surface area contributed by atoms with Gasteiger partial charge in [-0.1, -0.05) is 12.8 Å². The first kappa shape index (κ1) is 16.0. The summed E-state index contributed by atoms with van der Waals surface area (Å²) >= 11 is 0. The molecule has 0 aromatic carbocycles. The Morgan fingerprint density at radius 1 is 1.06 bits per heavy atom. The van der Waals surface area contributed by atoms with Gasteiger partial charge in [-0.3, -0.25) is 0 Å². The Labute approximate surface area is 97.3 Å². The van der Waals surface area contributed by atoms with E-state index in [9.17, 15) is 21.6 Å². The Morgan fingerprint density at radius 3 is 2.12 bits per heavy atom. The lowest BCUT2D eigenvalue weighted by atomic mass is 10.2. The molecule has 0 unspecified atom stereocenters. The highest BCUT2D eigenvalue weighted by molar-refractivity contribution is 8.13. The molecule has 0 N–H and O–H groups in total. The second-order valence-electron chi connectivity index (χ2n) is 3.32. The summed E-state index contributed by atoms with van der Waals surface area (Å²) in [5.41, 5.74) is 0. The summed E-state index contributed by atoms with van der Waals surface area (Å²) in [7, 11) is 1.52. The van der Waals surface area contributed by atoms with Gasteiger partial charge in [-0.25, -0.2) is 8.42 Å². The van der Waals surface area contributed by atoms with Gasteiger partial charge < -0.3 is 4.74 Å². The van der Waals surface area contributed by atoms with Gasteiger partial charge in [0.25, 0.3) is 0 Å². The number of rotatable bonds is 8. The van der Waals surface area contributed by atoms with Gasteiger partial charge in [-0.2, -0.15) is 13.2 Å². The Bertz CT molecular complexity index is 277. The zero-order valence-electron chi connectivity index (χ0n) is 8.59. The minimum absolute atomic E-state index is 0.0349. The van der Waals surface area contributed by atoms with Crippen molar-refractivity contribution < 1.29 is 26.3 Å². The smallest absolute Gasteiger partial charge is 0.372 e. The highest BCUT2D eigenvalue weighted by Crippen LogP contribution is 2.14. The van der Waals surface area contributed by atoms with Gasteiger partial charge in [0.1, 0.15) is 6.61 Å². The van der Waals surface area contributed by atoms with Crippen molar-refractivity contribution in [3.63, 3.8) is 0 Å². The Morgan fingerprint density at radius 2 is 1.62 bits per heavy atom. The summed E-state index contributed by atoms with van der Waals surface area (Å²) in [5.74, 6) is -0.0992. The lowest BCUT2D eigenvalue weighted by Crippen LogP contribution is -2.17. The molecule has 3 nitrogen and oxygen atoms in total. The van der Waals surface area contributed by atoms with Gasteiger partial charge in [0.2, 0.25) is 9.05 Å². The summed E-state index contributed by atoms with van der Waals surface area (Å²) in [6, 6.07) is 0. The summed E-state index contributed by atoms with van der Waals surface area (Å²) in [5, 5.41) is 0. The molecule has 0 aromatic heterocycles. The number of ether oxygens (including phenoxy) is 1.